The number of para-hydroxylation sites is 2. The van der Waals surface area contributed by atoms with Crippen molar-refractivity contribution in [3.05, 3.63) is 65.2 Å². The number of hydrogen-bond donors (Lipinski definition) is 1. The first-order valence-corrected chi connectivity index (χ1v) is 12.9. The monoisotopic (exact) mass is 447 g/mol. The van der Waals surface area contributed by atoms with Gasteiger partial charge in [-0.3, -0.25) is 0 Å². The minimum atomic E-state index is -0.0791. The standard InChI is InChI=1S/C29H38FN3/c1-20(2)29(15-14-22-19-23(30)12-13-24(22)28(29)21-10-11-21)16-18-33(3)17-6-9-27-31-25-7-4-5-8-26(25)32-27/h4-5,7-8,12-13,19-21,28H,6,9-11,14-18H2,1-3H3,(H,31,32)/t28-,29+/m1/s1. The molecular weight excluding hydrogens is 409 g/mol. The average molecular weight is 448 g/mol. The van der Waals surface area contributed by atoms with Crippen molar-refractivity contribution in [2.45, 2.75) is 64.7 Å². The van der Waals surface area contributed by atoms with Crippen molar-refractivity contribution in [1.82, 2.24) is 14.9 Å². The first kappa shape index (κ1) is 22.6. The molecule has 3 nitrogen and oxygen atoms in total. The maximum absolute atomic E-state index is 13.9. The number of aromatic amines is 1. The van der Waals surface area contributed by atoms with E-state index in [0.717, 1.165) is 55.1 Å². The molecule has 33 heavy (non-hydrogen) atoms. The van der Waals surface area contributed by atoms with Crippen LogP contribution in [0.2, 0.25) is 0 Å². The lowest BCUT2D eigenvalue weighted by Crippen LogP contribution is -2.42. The van der Waals surface area contributed by atoms with Crippen LogP contribution in [0.15, 0.2) is 42.5 Å². The van der Waals surface area contributed by atoms with Gasteiger partial charge in [0.1, 0.15) is 11.6 Å². The Morgan fingerprint density at radius 2 is 1.97 bits per heavy atom. The molecule has 2 atom stereocenters. The van der Waals surface area contributed by atoms with Crippen LogP contribution in [0, 0.1) is 23.1 Å². The zero-order valence-electron chi connectivity index (χ0n) is 20.4. The van der Waals surface area contributed by atoms with Crippen LogP contribution in [0.3, 0.4) is 0 Å². The van der Waals surface area contributed by atoms with E-state index in [4.69, 9.17) is 4.98 Å². The molecule has 4 heteroatoms. The third-order valence-corrected chi connectivity index (χ3v) is 8.51. The number of nitrogens with zero attached hydrogens (tertiary/aromatic N) is 2. The van der Waals surface area contributed by atoms with E-state index >= 15 is 0 Å². The molecule has 1 saturated carbocycles. The molecule has 0 aliphatic heterocycles. The maximum atomic E-state index is 13.9. The Hall–Kier alpha value is -2.20. The van der Waals surface area contributed by atoms with E-state index in [2.05, 4.69) is 55.0 Å². The van der Waals surface area contributed by atoms with Crippen molar-refractivity contribution in [2.75, 3.05) is 20.1 Å². The molecule has 2 aliphatic rings. The number of aryl methyl sites for hydroxylation is 2. The van der Waals surface area contributed by atoms with Gasteiger partial charge >= 0.3 is 0 Å². The maximum Gasteiger partial charge on any atom is 0.123 e. The Morgan fingerprint density at radius 3 is 2.73 bits per heavy atom. The van der Waals surface area contributed by atoms with Crippen molar-refractivity contribution in [1.29, 1.82) is 0 Å². The van der Waals surface area contributed by atoms with Crippen LogP contribution >= 0.6 is 0 Å². The van der Waals surface area contributed by atoms with Crippen LogP contribution in [-0.2, 0) is 12.8 Å². The minimum absolute atomic E-state index is 0.0791. The number of hydrogen-bond acceptors (Lipinski definition) is 2. The number of nitrogens with one attached hydrogen (secondary N) is 1. The lowest BCUT2D eigenvalue weighted by atomic mass is 9.56. The van der Waals surface area contributed by atoms with Gasteiger partial charge in [-0.2, -0.15) is 0 Å². The fourth-order valence-electron chi connectivity index (χ4n) is 6.45. The first-order valence-electron chi connectivity index (χ1n) is 12.9. The summed E-state index contributed by atoms with van der Waals surface area (Å²) in [6, 6.07) is 13.9. The van der Waals surface area contributed by atoms with E-state index in [0.29, 0.717) is 17.3 Å². The van der Waals surface area contributed by atoms with Crippen LogP contribution in [0.25, 0.3) is 11.0 Å². The largest absolute Gasteiger partial charge is 0.342 e. The summed E-state index contributed by atoms with van der Waals surface area (Å²) in [4.78, 5) is 10.7. The summed E-state index contributed by atoms with van der Waals surface area (Å²) in [6.45, 7) is 7.05. The van der Waals surface area contributed by atoms with Gasteiger partial charge in [0.05, 0.1) is 11.0 Å². The van der Waals surface area contributed by atoms with E-state index < -0.39 is 0 Å². The summed E-state index contributed by atoms with van der Waals surface area (Å²) in [6.07, 6.45) is 8.20. The Morgan fingerprint density at radius 1 is 1.15 bits per heavy atom. The molecule has 0 bridgehead atoms. The number of halogens is 1. The van der Waals surface area contributed by atoms with E-state index in [1.807, 2.05) is 6.07 Å². The van der Waals surface area contributed by atoms with E-state index in [9.17, 15) is 4.39 Å². The number of rotatable bonds is 9. The smallest absolute Gasteiger partial charge is 0.123 e. The zero-order valence-corrected chi connectivity index (χ0v) is 20.4. The van der Waals surface area contributed by atoms with Gasteiger partial charge in [0.25, 0.3) is 0 Å². The van der Waals surface area contributed by atoms with Crippen molar-refractivity contribution >= 4 is 11.0 Å². The molecule has 1 heterocycles. The van der Waals surface area contributed by atoms with Crippen molar-refractivity contribution in [3.63, 3.8) is 0 Å². The zero-order chi connectivity index (χ0) is 23.0. The molecule has 0 radical (unpaired) electrons. The SMILES string of the molecule is CC(C)[C@@]1(CCN(C)CCCc2nc3ccccc3[nH]2)CCc2cc(F)ccc2[C@H]1C1CC1. The Labute approximate surface area is 197 Å². The molecule has 5 rings (SSSR count). The van der Waals surface area contributed by atoms with E-state index in [-0.39, 0.29) is 5.82 Å². The molecule has 0 amide bonds. The Kier molecular flexibility index (Phi) is 6.30. The van der Waals surface area contributed by atoms with Crippen LogP contribution in [-0.4, -0.2) is 35.0 Å². The third kappa shape index (κ3) is 4.59. The second kappa shape index (κ2) is 9.21. The normalized spacial score (nSPS) is 22.9. The number of H-pyrrole nitrogens is 1. The van der Waals surface area contributed by atoms with Gasteiger partial charge in [-0.05, 0) is 117 Å². The van der Waals surface area contributed by atoms with Gasteiger partial charge in [-0.1, -0.05) is 32.0 Å². The number of aromatic nitrogens is 2. The molecular formula is C29H38FN3. The molecule has 1 fully saturated rings. The molecule has 2 aromatic carbocycles. The predicted molar refractivity (Wildman–Crippen MR) is 134 cm³/mol. The molecule has 1 aromatic heterocycles. The summed E-state index contributed by atoms with van der Waals surface area (Å²) in [5.74, 6) is 3.02. The molecule has 0 saturated heterocycles. The second-order valence-electron chi connectivity index (χ2n) is 10.9. The van der Waals surface area contributed by atoms with Crippen LogP contribution in [0.1, 0.15) is 68.8 Å². The summed E-state index contributed by atoms with van der Waals surface area (Å²) in [5, 5.41) is 0. The fraction of sp³-hybridized carbons (Fsp3) is 0.552. The topological polar surface area (TPSA) is 31.9 Å². The van der Waals surface area contributed by atoms with Crippen molar-refractivity contribution in [2.24, 2.45) is 17.3 Å². The summed E-state index contributed by atoms with van der Waals surface area (Å²) >= 11 is 0. The van der Waals surface area contributed by atoms with Gasteiger partial charge in [-0.15, -0.1) is 0 Å². The van der Waals surface area contributed by atoms with Crippen LogP contribution in [0.4, 0.5) is 4.39 Å². The highest BCUT2D eigenvalue weighted by atomic mass is 19.1. The van der Waals surface area contributed by atoms with E-state index in [1.54, 1.807) is 12.1 Å². The minimum Gasteiger partial charge on any atom is -0.342 e. The average Bonchev–Trinajstić information content (AvgIpc) is 3.55. The van der Waals surface area contributed by atoms with E-state index in [1.165, 1.54) is 36.8 Å². The lowest BCUT2D eigenvalue weighted by molar-refractivity contribution is 0.0730. The predicted octanol–water partition coefficient (Wildman–Crippen LogP) is 6.74. The highest BCUT2D eigenvalue weighted by molar-refractivity contribution is 5.74. The summed E-state index contributed by atoms with van der Waals surface area (Å²) in [7, 11) is 2.27. The quantitative estimate of drug-likeness (QED) is 0.394. The molecule has 0 unspecified atom stereocenters. The van der Waals surface area contributed by atoms with Gasteiger partial charge < -0.3 is 9.88 Å². The van der Waals surface area contributed by atoms with Crippen LogP contribution in [0.5, 0.6) is 0 Å². The molecule has 1 N–H and O–H groups in total. The van der Waals surface area contributed by atoms with Gasteiger partial charge in [-0.25, -0.2) is 9.37 Å². The highest BCUT2D eigenvalue weighted by Gasteiger charge is 2.51. The van der Waals surface area contributed by atoms with Crippen molar-refractivity contribution in [3.8, 4) is 0 Å². The highest BCUT2D eigenvalue weighted by Crippen LogP contribution is 2.61. The van der Waals surface area contributed by atoms with Gasteiger partial charge in [0.15, 0.2) is 0 Å². The van der Waals surface area contributed by atoms with Gasteiger partial charge in [0, 0.05) is 6.42 Å². The third-order valence-electron chi connectivity index (χ3n) is 8.51. The number of imidazole rings is 1. The fourth-order valence-corrected chi connectivity index (χ4v) is 6.45. The molecule has 176 valence electrons. The lowest BCUT2D eigenvalue weighted by Gasteiger charge is -2.49. The molecule has 0 spiro atoms. The number of benzene rings is 2. The summed E-state index contributed by atoms with van der Waals surface area (Å²) in [5.41, 5.74) is 5.22. The number of fused-ring (bicyclic) bond motifs is 2. The Bertz CT molecular complexity index is 1070. The Balaban J connectivity index is 1.23. The molecule has 3 aromatic rings. The first-order chi connectivity index (χ1) is 16.0. The van der Waals surface area contributed by atoms with Gasteiger partial charge in [0.2, 0.25) is 0 Å². The second-order valence-corrected chi connectivity index (χ2v) is 10.9. The molecule has 2 aliphatic carbocycles. The summed E-state index contributed by atoms with van der Waals surface area (Å²) < 4.78 is 13.9. The van der Waals surface area contributed by atoms with Crippen LogP contribution < -0.4 is 0 Å². The van der Waals surface area contributed by atoms with Crippen molar-refractivity contribution < 1.29 is 4.39 Å².